The monoisotopic (exact) mass is 205 g/mol. The lowest BCUT2D eigenvalue weighted by molar-refractivity contribution is 0.137. The van der Waals surface area contributed by atoms with E-state index in [1.54, 1.807) is 7.11 Å². The summed E-state index contributed by atoms with van der Waals surface area (Å²) < 4.78 is 8.28. The lowest BCUT2D eigenvalue weighted by Gasteiger charge is -2.17. The molecular formula is C9H19NO2S. The smallest absolute Gasteiger partial charge is 0.0699 e. The number of nitrogens with one attached hydrogen (secondary N) is 1. The molecule has 4 heteroatoms. The minimum atomic E-state index is -0.508. The summed E-state index contributed by atoms with van der Waals surface area (Å²) in [5.74, 6) is 0. The number of methoxy groups -OCH3 is 1. The van der Waals surface area contributed by atoms with Gasteiger partial charge in [-0.2, -0.15) is 0 Å². The first-order chi connectivity index (χ1) is 6.15. The van der Waals surface area contributed by atoms with Gasteiger partial charge in [0.2, 0.25) is 0 Å². The van der Waals surface area contributed by atoms with Gasteiger partial charge in [-0.1, -0.05) is 6.92 Å². The third-order valence-electron chi connectivity index (χ3n) is 2.43. The Morgan fingerprint density at radius 2 is 2.15 bits per heavy atom. The van der Waals surface area contributed by atoms with Crippen LogP contribution in [0.15, 0.2) is 0 Å². The molecular weight excluding hydrogens is 186 g/mol. The van der Waals surface area contributed by atoms with E-state index in [1.807, 2.05) is 6.92 Å². The van der Waals surface area contributed by atoms with Crippen molar-refractivity contribution >= 4 is 10.5 Å². The number of aliphatic hydroxyl groups is 1. The Bertz CT molecular complexity index is 243. The number of aliphatic hydroxyl groups excluding tert-OH is 1. The van der Waals surface area contributed by atoms with E-state index < -0.39 is 10.5 Å². The van der Waals surface area contributed by atoms with Gasteiger partial charge in [0.05, 0.1) is 13.2 Å². The Kier molecular flexibility index (Phi) is 4.29. The minimum absolute atomic E-state index is 0.152. The van der Waals surface area contributed by atoms with E-state index in [0.29, 0.717) is 5.25 Å². The van der Waals surface area contributed by atoms with E-state index >= 15 is 0 Å². The molecule has 0 aromatic heterocycles. The van der Waals surface area contributed by atoms with E-state index in [-0.39, 0.29) is 12.1 Å². The number of thiol groups is 1. The quantitative estimate of drug-likeness (QED) is 0.517. The summed E-state index contributed by atoms with van der Waals surface area (Å²) in [7, 11) is 1.12. The molecule has 1 aliphatic heterocycles. The second-order valence-electron chi connectivity index (χ2n) is 3.58. The van der Waals surface area contributed by atoms with E-state index in [4.69, 9.17) is 4.74 Å². The standard InChI is InChI=1S/C9H19NO2S/c1-7-4-5-9(11)8(2)10-13(7)6-12-3/h7-11,13H,4-5H2,1-3H3/t7-,8?,9?/m0/s1. The predicted molar refractivity (Wildman–Crippen MR) is 57.2 cm³/mol. The van der Waals surface area contributed by atoms with Gasteiger partial charge in [-0.3, -0.25) is 4.72 Å². The lowest BCUT2D eigenvalue weighted by atomic mass is 10.1. The Morgan fingerprint density at radius 1 is 1.46 bits per heavy atom. The topological polar surface area (TPSA) is 41.5 Å². The average molecular weight is 205 g/mol. The first-order valence-electron chi connectivity index (χ1n) is 4.67. The van der Waals surface area contributed by atoms with Gasteiger partial charge in [-0.15, -0.1) is 10.5 Å². The molecule has 0 bridgehead atoms. The maximum atomic E-state index is 9.64. The van der Waals surface area contributed by atoms with E-state index in [9.17, 15) is 5.11 Å². The van der Waals surface area contributed by atoms with Gasteiger partial charge in [0.25, 0.3) is 0 Å². The molecule has 4 atom stereocenters. The van der Waals surface area contributed by atoms with Gasteiger partial charge in [0.1, 0.15) is 0 Å². The summed E-state index contributed by atoms with van der Waals surface area (Å²) >= 11 is 0. The van der Waals surface area contributed by atoms with Gasteiger partial charge in [0, 0.05) is 16.7 Å². The molecule has 0 spiro atoms. The summed E-state index contributed by atoms with van der Waals surface area (Å²) in [6, 6.07) is 0.152. The molecule has 0 aromatic carbocycles. The van der Waals surface area contributed by atoms with Crippen molar-refractivity contribution in [1.29, 1.82) is 0 Å². The Balaban J connectivity index is 2.74. The van der Waals surface area contributed by atoms with Gasteiger partial charge < -0.3 is 9.84 Å². The van der Waals surface area contributed by atoms with Crippen LogP contribution in [0.4, 0.5) is 0 Å². The van der Waals surface area contributed by atoms with Crippen LogP contribution < -0.4 is 4.72 Å². The van der Waals surface area contributed by atoms with Gasteiger partial charge in [0.15, 0.2) is 0 Å². The van der Waals surface area contributed by atoms with Gasteiger partial charge in [-0.05, 0) is 19.8 Å². The van der Waals surface area contributed by atoms with Crippen LogP contribution in [0.2, 0.25) is 0 Å². The van der Waals surface area contributed by atoms with Crippen LogP contribution in [-0.4, -0.2) is 29.6 Å². The Labute approximate surface area is 82.2 Å². The van der Waals surface area contributed by atoms with Crippen molar-refractivity contribution in [3.63, 3.8) is 0 Å². The number of hydrogen-bond donors (Lipinski definition) is 3. The molecule has 3 nitrogen and oxygen atoms in total. The highest BCUT2D eigenvalue weighted by Gasteiger charge is 2.21. The van der Waals surface area contributed by atoms with E-state index in [0.717, 1.165) is 12.8 Å². The zero-order valence-electron chi connectivity index (χ0n) is 8.45. The van der Waals surface area contributed by atoms with Gasteiger partial charge >= 0.3 is 0 Å². The minimum Gasteiger partial charge on any atom is -0.391 e. The summed E-state index contributed by atoms with van der Waals surface area (Å²) in [5, 5.41) is 13.1. The predicted octanol–water partition coefficient (Wildman–Crippen LogP) is 0.987. The van der Waals surface area contributed by atoms with Crippen molar-refractivity contribution in [3.8, 4) is 5.37 Å². The van der Waals surface area contributed by atoms with Crippen molar-refractivity contribution in [3.05, 3.63) is 0 Å². The maximum Gasteiger partial charge on any atom is 0.0699 e. The van der Waals surface area contributed by atoms with Crippen molar-refractivity contribution < 1.29 is 9.84 Å². The fraction of sp³-hybridized carbons (Fsp3) is 0.889. The van der Waals surface area contributed by atoms with E-state index in [2.05, 4.69) is 17.0 Å². The Hall–Kier alpha value is 0.01000. The SMILES string of the molecule is COC#[SH]1NC(C)C(O)CC[C@@H]1C. The molecule has 1 rings (SSSR count). The molecule has 2 N–H and O–H groups in total. The molecule has 1 aliphatic rings. The van der Waals surface area contributed by atoms with Crippen LogP contribution in [0, 0.1) is 5.37 Å². The fourth-order valence-corrected chi connectivity index (χ4v) is 3.14. The first kappa shape index (κ1) is 11.1. The lowest BCUT2D eigenvalue weighted by Crippen LogP contribution is -2.32. The van der Waals surface area contributed by atoms with Crippen molar-refractivity contribution in [2.45, 2.75) is 44.1 Å². The fourth-order valence-electron chi connectivity index (χ4n) is 1.44. The zero-order valence-corrected chi connectivity index (χ0v) is 9.34. The first-order valence-corrected chi connectivity index (χ1v) is 6.08. The third-order valence-corrected chi connectivity index (χ3v) is 4.63. The molecule has 1 saturated heterocycles. The molecule has 0 radical (unpaired) electrons. The van der Waals surface area contributed by atoms with Crippen LogP contribution in [-0.2, 0) is 4.74 Å². The maximum absolute atomic E-state index is 9.64. The molecule has 0 saturated carbocycles. The highest BCUT2D eigenvalue weighted by Crippen LogP contribution is 2.25. The summed E-state index contributed by atoms with van der Waals surface area (Å²) in [6.45, 7) is 4.19. The average Bonchev–Trinajstić information content (AvgIpc) is 2.21. The van der Waals surface area contributed by atoms with Crippen LogP contribution >= 0.6 is 10.5 Å². The van der Waals surface area contributed by atoms with Crippen LogP contribution in [0.25, 0.3) is 0 Å². The third kappa shape index (κ3) is 3.01. The molecule has 0 aromatic rings. The molecule has 1 heterocycles. The highest BCUT2D eigenvalue weighted by molar-refractivity contribution is 8.05. The summed E-state index contributed by atoms with van der Waals surface area (Å²) in [4.78, 5) is 0. The largest absolute Gasteiger partial charge is 0.391 e. The zero-order chi connectivity index (χ0) is 9.84. The molecule has 0 amide bonds. The van der Waals surface area contributed by atoms with Crippen molar-refractivity contribution in [1.82, 2.24) is 4.72 Å². The van der Waals surface area contributed by atoms with E-state index in [1.165, 1.54) is 0 Å². The number of hydrogen-bond acceptors (Lipinski definition) is 3. The number of rotatable bonds is 0. The van der Waals surface area contributed by atoms with Crippen LogP contribution in [0.5, 0.6) is 0 Å². The highest BCUT2D eigenvalue weighted by atomic mass is 32.2. The summed E-state index contributed by atoms with van der Waals surface area (Å²) in [6.07, 6.45) is 1.69. The molecule has 1 fully saturated rings. The van der Waals surface area contributed by atoms with Crippen molar-refractivity contribution in [2.75, 3.05) is 7.11 Å². The molecule has 13 heavy (non-hydrogen) atoms. The van der Waals surface area contributed by atoms with Crippen LogP contribution in [0.3, 0.4) is 0 Å². The normalized spacial score (nSPS) is 40.9. The molecule has 3 unspecified atom stereocenters. The molecule has 0 aliphatic carbocycles. The second kappa shape index (κ2) is 5.03. The molecule has 78 valence electrons. The van der Waals surface area contributed by atoms with Crippen LogP contribution in [0.1, 0.15) is 26.7 Å². The number of ether oxygens (including phenoxy) is 1. The summed E-state index contributed by atoms with van der Waals surface area (Å²) in [5.41, 5.74) is 0. The second-order valence-corrected chi connectivity index (χ2v) is 5.64. The van der Waals surface area contributed by atoms with Crippen molar-refractivity contribution in [2.24, 2.45) is 0 Å². The Morgan fingerprint density at radius 3 is 2.77 bits per heavy atom. The van der Waals surface area contributed by atoms with Gasteiger partial charge in [-0.25, -0.2) is 0 Å².